The monoisotopic (exact) mass is 592 g/mol. The molecule has 0 spiro atoms. The van der Waals surface area contributed by atoms with Crippen LogP contribution in [-0.2, 0) is 131 Å². The van der Waals surface area contributed by atoms with Gasteiger partial charge in [0.15, 0.2) is 0 Å². The van der Waals surface area contributed by atoms with Gasteiger partial charge in [0.25, 0.3) is 0 Å². The van der Waals surface area contributed by atoms with E-state index in [0.717, 1.165) is 20.9 Å². The van der Waals surface area contributed by atoms with E-state index in [0.29, 0.717) is 0 Å². The standard InChI is InChI=1S/2C8H7.C2H6.4Y/c2*1-7-3-5-8(2)6-4-7;1-2;;;;/h2*1,3-6H,2H2;1-2H3;;;;/q2*-1;;;;;. The molecule has 0 saturated carbocycles. The third-order valence-electron chi connectivity index (χ3n) is 1.96. The minimum atomic E-state index is 0. The van der Waals surface area contributed by atoms with E-state index < -0.39 is 0 Å². The Morgan fingerprint density at radius 2 is 0.727 bits per heavy atom. The summed E-state index contributed by atoms with van der Waals surface area (Å²) >= 11 is 0. The Labute approximate surface area is 235 Å². The van der Waals surface area contributed by atoms with Crippen molar-refractivity contribution in [2.45, 2.75) is 13.8 Å². The molecular weight excluding hydrogens is 572 g/mol. The predicted molar refractivity (Wildman–Crippen MR) is 82.7 cm³/mol. The molecule has 0 bridgehead atoms. The second kappa shape index (κ2) is 23.3. The summed E-state index contributed by atoms with van der Waals surface area (Å²) in [5.74, 6) is 0. The Balaban J connectivity index is -0.0000000676. The average molecular weight is 592 g/mol. The van der Waals surface area contributed by atoms with E-state index in [1.165, 1.54) is 0 Å². The minimum Gasteiger partial charge on any atom is -0.219 e. The fourth-order valence-corrected chi connectivity index (χ4v) is 1.04. The number of benzene rings is 2. The maximum absolute atomic E-state index is 5.40. The molecule has 0 saturated heterocycles. The average Bonchev–Trinajstić information content (AvgIpc) is 2.40. The van der Waals surface area contributed by atoms with Gasteiger partial charge >= 0.3 is 0 Å². The van der Waals surface area contributed by atoms with Gasteiger partial charge in [0, 0.05) is 131 Å². The summed E-state index contributed by atoms with van der Waals surface area (Å²) in [5.41, 5.74) is 0. The predicted octanol–water partition coefficient (Wildman–Crippen LogP) is 1.78. The molecule has 2 aromatic rings. The molecule has 0 atom stereocenters. The third kappa shape index (κ3) is 20.4. The fourth-order valence-electron chi connectivity index (χ4n) is 1.04. The van der Waals surface area contributed by atoms with E-state index in [1.807, 2.05) is 62.4 Å². The van der Waals surface area contributed by atoms with Crippen LogP contribution in [0.25, 0.3) is 26.3 Å². The molecule has 4 radical (unpaired) electrons. The number of hydrogen-bond acceptors (Lipinski definition) is 0. The van der Waals surface area contributed by atoms with Crippen molar-refractivity contribution >= 4 is 26.3 Å². The Bertz CT molecular complexity index is 489. The van der Waals surface area contributed by atoms with Crippen molar-refractivity contribution in [2.24, 2.45) is 0 Å². The van der Waals surface area contributed by atoms with E-state index in [2.05, 4.69) is 13.2 Å². The van der Waals surface area contributed by atoms with Crippen molar-refractivity contribution in [3.05, 3.63) is 69.4 Å². The molecule has 0 unspecified atom stereocenters. The van der Waals surface area contributed by atoms with Gasteiger partial charge in [0.2, 0.25) is 0 Å². The minimum absolute atomic E-state index is 0. The molecule has 2 aromatic carbocycles. The first kappa shape index (κ1) is 35.4. The normalized spacial score (nSPS) is 6.82. The summed E-state index contributed by atoms with van der Waals surface area (Å²) in [5, 5.41) is 3.58. The number of hydrogen-bond donors (Lipinski definition) is 0. The van der Waals surface area contributed by atoms with E-state index in [1.54, 1.807) is 0 Å². The van der Waals surface area contributed by atoms with Gasteiger partial charge in [-0.2, -0.15) is 24.3 Å². The largest absolute Gasteiger partial charge is 0.219 e. The zero-order chi connectivity index (χ0) is 14.0. The molecule has 0 aliphatic carbocycles. The van der Waals surface area contributed by atoms with Gasteiger partial charge in [-0.05, 0) is 0 Å². The summed E-state index contributed by atoms with van der Waals surface area (Å²) in [6, 6.07) is 14.9. The van der Waals surface area contributed by atoms with Crippen LogP contribution in [-0.4, -0.2) is 0 Å². The Hall–Kier alpha value is 2.34. The number of rotatable bonds is 0. The summed E-state index contributed by atoms with van der Waals surface area (Å²) in [6.07, 6.45) is 0. The van der Waals surface area contributed by atoms with Crippen molar-refractivity contribution in [1.29, 1.82) is 0 Å². The molecule has 0 aliphatic heterocycles. The van der Waals surface area contributed by atoms with Crippen LogP contribution in [0.3, 0.4) is 0 Å². The second-order valence-electron chi connectivity index (χ2n) is 3.48. The van der Waals surface area contributed by atoms with E-state index in [4.69, 9.17) is 13.2 Å². The van der Waals surface area contributed by atoms with Crippen molar-refractivity contribution in [3.63, 3.8) is 0 Å². The second-order valence-corrected chi connectivity index (χ2v) is 3.48. The Morgan fingerprint density at radius 3 is 0.864 bits per heavy atom. The zero-order valence-corrected chi connectivity index (χ0v) is 24.9. The van der Waals surface area contributed by atoms with E-state index >= 15 is 0 Å². The van der Waals surface area contributed by atoms with Gasteiger partial charge in [0.05, 0.1) is 0 Å². The van der Waals surface area contributed by atoms with Crippen LogP contribution in [0, 0.1) is 0 Å². The smallest absolute Gasteiger partial charge is 0 e. The maximum atomic E-state index is 5.40. The Kier molecular flexibility index (Phi) is 37.6. The summed E-state index contributed by atoms with van der Waals surface area (Å²) in [4.78, 5) is 0. The molecule has 4 heteroatoms. The van der Waals surface area contributed by atoms with Crippen LogP contribution >= 0.6 is 0 Å². The molecule has 0 N–H and O–H groups in total. The molecule has 22 heavy (non-hydrogen) atoms. The zero-order valence-electron chi connectivity index (χ0n) is 13.5. The first-order valence-electron chi connectivity index (χ1n) is 5.93. The van der Waals surface area contributed by atoms with Crippen molar-refractivity contribution in [1.82, 2.24) is 0 Å². The van der Waals surface area contributed by atoms with Crippen LogP contribution in [0.4, 0.5) is 0 Å². The third-order valence-corrected chi connectivity index (χ3v) is 1.96. The molecule has 0 aliphatic rings. The van der Waals surface area contributed by atoms with Crippen LogP contribution in [0.15, 0.2) is 48.5 Å². The first-order valence-corrected chi connectivity index (χ1v) is 5.93. The van der Waals surface area contributed by atoms with Crippen molar-refractivity contribution in [2.75, 3.05) is 0 Å². The maximum Gasteiger partial charge on any atom is 0 e. The topological polar surface area (TPSA) is 0 Å². The molecular formula is C18H20Y4-2. The Morgan fingerprint density at radius 1 is 0.545 bits per heavy atom. The van der Waals surface area contributed by atoms with Crippen LogP contribution in [0.1, 0.15) is 13.8 Å². The van der Waals surface area contributed by atoms with Gasteiger partial charge in [-0.3, -0.25) is 0 Å². The van der Waals surface area contributed by atoms with Gasteiger partial charge in [-0.15, -0.1) is 24.3 Å². The molecule has 0 amide bonds. The molecule has 0 nitrogen and oxygen atoms in total. The van der Waals surface area contributed by atoms with Crippen molar-refractivity contribution < 1.29 is 131 Å². The molecule has 2 rings (SSSR count). The fraction of sp³-hybridized carbons (Fsp3) is 0.111. The van der Waals surface area contributed by atoms with Crippen molar-refractivity contribution in [3.8, 4) is 0 Å². The van der Waals surface area contributed by atoms with Gasteiger partial charge in [0.1, 0.15) is 0 Å². The van der Waals surface area contributed by atoms with Crippen LogP contribution in [0.5, 0.6) is 0 Å². The van der Waals surface area contributed by atoms with E-state index in [-0.39, 0.29) is 131 Å². The molecule has 106 valence electrons. The quantitative estimate of drug-likeness (QED) is 0.410. The SMILES string of the molecule is CC.[CH-]=c1ccc(=C)cc1.[CH-]=c1ccc(=C)cc1.[Y].[Y].[Y].[Y]. The summed E-state index contributed by atoms with van der Waals surface area (Å²) in [7, 11) is 0. The first-order chi connectivity index (χ1) is 8.58. The van der Waals surface area contributed by atoms with Gasteiger partial charge in [-0.1, -0.05) is 37.4 Å². The van der Waals surface area contributed by atoms with Crippen LogP contribution in [0.2, 0.25) is 0 Å². The van der Waals surface area contributed by atoms with Gasteiger partial charge < -0.3 is 0 Å². The summed E-state index contributed by atoms with van der Waals surface area (Å²) in [6.45, 7) is 22.2. The van der Waals surface area contributed by atoms with Crippen LogP contribution < -0.4 is 20.9 Å². The molecule has 0 fully saturated rings. The van der Waals surface area contributed by atoms with Gasteiger partial charge in [-0.25, -0.2) is 23.6 Å². The summed E-state index contributed by atoms with van der Waals surface area (Å²) < 4.78 is 0. The molecule has 0 aromatic heterocycles. The molecule has 0 heterocycles. The van der Waals surface area contributed by atoms with E-state index in [9.17, 15) is 0 Å².